The predicted octanol–water partition coefficient (Wildman–Crippen LogP) is 3.21. The summed E-state index contributed by atoms with van der Waals surface area (Å²) in [5.74, 6) is -1.94. The molecule has 0 aromatic heterocycles. The van der Waals surface area contributed by atoms with Crippen LogP contribution in [0.1, 0.15) is 25.8 Å². The maximum atomic E-state index is 12.5. The van der Waals surface area contributed by atoms with E-state index in [-0.39, 0.29) is 18.0 Å². The summed E-state index contributed by atoms with van der Waals surface area (Å²) in [4.78, 5) is 35.9. The Hall–Kier alpha value is -2.78. The quantitative estimate of drug-likeness (QED) is 0.745. The molecule has 0 saturated heterocycles. The monoisotopic (exact) mass is 390 g/mol. The van der Waals surface area contributed by atoms with E-state index in [1.54, 1.807) is 13.8 Å². The summed E-state index contributed by atoms with van der Waals surface area (Å²) >= 11 is 0. The first-order valence-corrected chi connectivity index (χ1v) is 8.01. The molecule has 0 fully saturated rings. The van der Waals surface area contributed by atoms with Gasteiger partial charge in [-0.2, -0.15) is 13.2 Å². The van der Waals surface area contributed by atoms with E-state index in [2.05, 4.69) is 5.32 Å². The Balaban J connectivity index is 2.78. The summed E-state index contributed by atoms with van der Waals surface area (Å²) in [7, 11) is 1.26. The topological polar surface area (TPSA) is 95.9 Å². The van der Waals surface area contributed by atoms with Crippen molar-refractivity contribution in [2.24, 2.45) is 5.92 Å². The number of hydrogen-bond donors (Lipinski definition) is 2. The van der Waals surface area contributed by atoms with Gasteiger partial charge < -0.3 is 14.7 Å². The van der Waals surface area contributed by atoms with E-state index in [4.69, 9.17) is 9.84 Å². The molecule has 0 aliphatic carbocycles. The van der Waals surface area contributed by atoms with Crippen LogP contribution in [0.5, 0.6) is 0 Å². The molecule has 1 atom stereocenters. The van der Waals surface area contributed by atoms with E-state index < -0.39 is 42.4 Å². The molecule has 1 aromatic rings. The maximum Gasteiger partial charge on any atom is 0.416 e. The zero-order valence-electron chi connectivity index (χ0n) is 15.0. The summed E-state index contributed by atoms with van der Waals surface area (Å²) in [6, 6.07) is 3.71. The largest absolute Gasteiger partial charge is 0.480 e. The number of anilines is 1. The van der Waals surface area contributed by atoms with Crippen LogP contribution in [0.25, 0.3) is 0 Å². The van der Waals surface area contributed by atoms with E-state index in [0.717, 1.165) is 29.2 Å². The standard InChI is InChI=1S/C17H21F3N2O5/c1-10(2)8-13(15(25)22(3)9-14(23)24)27-16(26)21-12-6-4-11(5-7-12)17(18,19)20/h4-7,10,13H,8-9H2,1-3H3,(H,21,26)(H,23,24). The molecule has 1 rings (SSSR count). The van der Waals surface area contributed by atoms with Crippen LogP contribution in [0.3, 0.4) is 0 Å². The minimum Gasteiger partial charge on any atom is -0.480 e. The lowest BCUT2D eigenvalue weighted by Gasteiger charge is -2.24. The van der Waals surface area contributed by atoms with E-state index in [1.165, 1.54) is 7.05 Å². The molecule has 0 bridgehead atoms. The fraction of sp³-hybridized carbons (Fsp3) is 0.471. The maximum absolute atomic E-state index is 12.5. The van der Waals surface area contributed by atoms with Crippen molar-refractivity contribution in [2.75, 3.05) is 18.9 Å². The third kappa shape index (κ3) is 7.55. The molecule has 0 spiro atoms. The number of carboxylic acids is 1. The van der Waals surface area contributed by atoms with Gasteiger partial charge in [-0.15, -0.1) is 0 Å². The highest BCUT2D eigenvalue weighted by Gasteiger charge is 2.30. The number of likely N-dealkylation sites (N-methyl/N-ethyl adjacent to an activating group) is 1. The number of benzene rings is 1. The number of carboxylic acid groups (broad SMARTS) is 1. The van der Waals surface area contributed by atoms with Gasteiger partial charge in [-0.1, -0.05) is 13.8 Å². The first-order valence-electron chi connectivity index (χ1n) is 8.01. The van der Waals surface area contributed by atoms with Crippen LogP contribution in [-0.4, -0.2) is 47.7 Å². The molecule has 1 aromatic carbocycles. The lowest BCUT2D eigenvalue weighted by atomic mass is 10.1. The third-order valence-corrected chi connectivity index (χ3v) is 3.42. The lowest BCUT2D eigenvalue weighted by molar-refractivity contribution is -0.147. The van der Waals surface area contributed by atoms with Crippen molar-refractivity contribution in [3.8, 4) is 0 Å². The summed E-state index contributed by atoms with van der Waals surface area (Å²) < 4.78 is 42.7. The molecule has 10 heteroatoms. The fourth-order valence-electron chi connectivity index (χ4n) is 2.17. The van der Waals surface area contributed by atoms with Gasteiger partial charge in [0.25, 0.3) is 5.91 Å². The average Bonchev–Trinajstić information content (AvgIpc) is 2.52. The molecule has 0 heterocycles. The van der Waals surface area contributed by atoms with Crippen molar-refractivity contribution in [3.05, 3.63) is 29.8 Å². The first kappa shape index (κ1) is 22.3. The van der Waals surface area contributed by atoms with Crippen molar-refractivity contribution >= 4 is 23.7 Å². The van der Waals surface area contributed by atoms with E-state index in [9.17, 15) is 27.6 Å². The zero-order valence-corrected chi connectivity index (χ0v) is 15.0. The minimum atomic E-state index is -4.50. The van der Waals surface area contributed by atoms with E-state index >= 15 is 0 Å². The summed E-state index contributed by atoms with van der Waals surface area (Å²) in [6.45, 7) is 3.01. The molecule has 2 amide bonds. The average molecular weight is 390 g/mol. The number of aliphatic carboxylic acids is 1. The number of halogens is 3. The Morgan fingerprint density at radius 1 is 1.19 bits per heavy atom. The highest BCUT2D eigenvalue weighted by molar-refractivity contribution is 5.89. The molecule has 0 aliphatic rings. The molecular formula is C17H21F3N2O5. The van der Waals surface area contributed by atoms with Crippen LogP contribution in [-0.2, 0) is 20.5 Å². The van der Waals surface area contributed by atoms with Crippen molar-refractivity contribution in [2.45, 2.75) is 32.5 Å². The molecule has 1 unspecified atom stereocenters. The van der Waals surface area contributed by atoms with Crippen LogP contribution < -0.4 is 5.32 Å². The van der Waals surface area contributed by atoms with E-state index in [1.807, 2.05) is 0 Å². The summed E-state index contributed by atoms with van der Waals surface area (Å²) in [6.07, 6.45) is -6.59. The van der Waals surface area contributed by atoms with Gasteiger partial charge in [0.2, 0.25) is 0 Å². The number of hydrogen-bond acceptors (Lipinski definition) is 4. The molecule has 7 nitrogen and oxygen atoms in total. The summed E-state index contributed by atoms with van der Waals surface area (Å²) in [5.41, 5.74) is -0.813. The van der Waals surface area contributed by atoms with Crippen molar-refractivity contribution in [1.82, 2.24) is 4.90 Å². The number of rotatable bonds is 7. The molecule has 27 heavy (non-hydrogen) atoms. The number of carbonyl (C=O) groups excluding carboxylic acids is 2. The molecular weight excluding hydrogens is 369 g/mol. The van der Waals surface area contributed by atoms with Crippen molar-refractivity contribution in [3.63, 3.8) is 0 Å². The first-order chi connectivity index (χ1) is 12.4. The number of ether oxygens (including phenoxy) is 1. The van der Waals surface area contributed by atoms with Gasteiger partial charge in [0.1, 0.15) is 6.54 Å². The Bertz CT molecular complexity index is 674. The van der Waals surface area contributed by atoms with Gasteiger partial charge in [0.05, 0.1) is 5.56 Å². The Morgan fingerprint density at radius 2 is 1.74 bits per heavy atom. The number of alkyl halides is 3. The van der Waals surface area contributed by atoms with Crippen molar-refractivity contribution in [1.29, 1.82) is 0 Å². The Morgan fingerprint density at radius 3 is 2.19 bits per heavy atom. The van der Waals surface area contributed by atoms with Crippen LogP contribution in [0.2, 0.25) is 0 Å². The highest BCUT2D eigenvalue weighted by Crippen LogP contribution is 2.29. The molecule has 0 saturated carbocycles. The molecule has 0 aliphatic heterocycles. The second-order valence-electron chi connectivity index (χ2n) is 6.31. The highest BCUT2D eigenvalue weighted by atomic mass is 19.4. The Labute approximate surface area is 154 Å². The molecule has 150 valence electrons. The molecule has 2 N–H and O–H groups in total. The van der Waals surface area contributed by atoms with Crippen molar-refractivity contribution < 1.29 is 37.4 Å². The van der Waals surface area contributed by atoms with Crippen LogP contribution in [0.4, 0.5) is 23.7 Å². The molecule has 0 radical (unpaired) electrons. The number of carbonyl (C=O) groups is 3. The normalized spacial score (nSPS) is 12.4. The predicted molar refractivity (Wildman–Crippen MR) is 90.1 cm³/mol. The second kappa shape index (κ2) is 9.24. The minimum absolute atomic E-state index is 0.0314. The van der Waals surface area contributed by atoms with Crippen LogP contribution in [0, 0.1) is 5.92 Å². The van der Waals surface area contributed by atoms with Gasteiger partial charge in [-0.25, -0.2) is 4.79 Å². The SMILES string of the molecule is CC(C)CC(OC(=O)Nc1ccc(C(F)(F)F)cc1)C(=O)N(C)CC(=O)O. The number of nitrogens with one attached hydrogen (secondary N) is 1. The van der Waals surface area contributed by atoms with Gasteiger partial charge >= 0.3 is 18.2 Å². The van der Waals surface area contributed by atoms with Gasteiger partial charge in [-0.3, -0.25) is 14.9 Å². The third-order valence-electron chi connectivity index (χ3n) is 3.42. The van der Waals surface area contributed by atoms with E-state index in [0.29, 0.717) is 0 Å². The smallest absolute Gasteiger partial charge is 0.416 e. The second-order valence-corrected chi connectivity index (χ2v) is 6.31. The Kier molecular flexibility index (Phi) is 7.62. The fourth-order valence-corrected chi connectivity index (χ4v) is 2.17. The lowest BCUT2D eigenvalue weighted by Crippen LogP contribution is -2.42. The van der Waals surface area contributed by atoms with Crippen LogP contribution >= 0.6 is 0 Å². The van der Waals surface area contributed by atoms with Gasteiger partial charge in [-0.05, 0) is 36.6 Å². The van der Waals surface area contributed by atoms with Crippen LogP contribution in [0.15, 0.2) is 24.3 Å². The van der Waals surface area contributed by atoms with Gasteiger partial charge in [0.15, 0.2) is 6.10 Å². The zero-order chi connectivity index (χ0) is 20.8. The summed E-state index contributed by atoms with van der Waals surface area (Å²) in [5, 5.41) is 11.0. The van der Waals surface area contributed by atoms with Gasteiger partial charge in [0, 0.05) is 12.7 Å². The number of amides is 2. The number of nitrogens with zero attached hydrogens (tertiary/aromatic N) is 1.